The Morgan fingerprint density at radius 2 is 1.68 bits per heavy atom. The second kappa shape index (κ2) is 6.37. The van der Waals surface area contributed by atoms with Crippen molar-refractivity contribution in [3.8, 4) is 17.2 Å². The Hall–Kier alpha value is -2.60. The molecule has 126 valence electrons. The fourth-order valence-corrected chi connectivity index (χ4v) is 3.81. The van der Waals surface area contributed by atoms with E-state index in [2.05, 4.69) is 6.07 Å². The van der Waals surface area contributed by atoms with E-state index in [1.165, 1.54) is 25.7 Å². The van der Waals surface area contributed by atoms with Crippen LogP contribution in [0.1, 0.15) is 41.6 Å². The molecule has 25 heavy (non-hydrogen) atoms. The number of hydrogen-bond donors (Lipinski definition) is 0. The Balaban J connectivity index is 1.53. The number of rotatable bonds is 5. The fraction of sp³-hybridized carbons (Fsp3) is 0.364. The highest BCUT2D eigenvalue weighted by atomic mass is 16.2. The van der Waals surface area contributed by atoms with Gasteiger partial charge < -0.3 is 4.90 Å². The predicted octanol–water partition coefficient (Wildman–Crippen LogP) is 4.49. The molecule has 0 spiro atoms. The van der Waals surface area contributed by atoms with Crippen LogP contribution < -0.4 is 0 Å². The number of carbonyl (C=O) groups is 1. The van der Waals surface area contributed by atoms with Gasteiger partial charge in [-0.2, -0.15) is 5.26 Å². The van der Waals surface area contributed by atoms with Crippen molar-refractivity contribution in [2.75, 3.05) is 7.05 Å². The second-order valence-electron chi connectivity index (χ2n) is 7.35. The molecule has 0 aliphatic heterocycles. The molecule has 2 aliphatic rings. The van der Waals surface area contributed by atoms with Gasteiger partial charge in [0.2, 0.25) is 0 Å². The average molecular weight is 330 g/mol. The Labute approximate surface area is 148 Å². The molecule has 3 heteroatoms. The van der Waals surface area contributed by atoms with Crippen molar-refractivity contribution in [1.82, 2.24) is 4.90 Å². The van der Waals surface area contributed by atoms with Gasteiger partial charge in [0, 0.05) is 18.7 Å². The van der Waals surface area contributed by atoms with Gasteiger partial charge in [-0.3, -0.25) is 4.79 Å². The van der Waals surface area contributed by atoms with E-state index < -0.39 is 0 Å². The minimum Gasteiger partial charge on any atom is -0.338 e. The number of hydrogen-bond acceptors (Lipinski definition) is 2. The first-order chi connectivity index (χ1) is 12.2. The number of amides is 1. The average Bonchev–Trinajstić information content (AvgIpc) is 3.56. The van der Waals surface area contributed by atoms with Gasteiger partial charge in [0.05, 0.1) is 11.6 Å². The first-order valence-corrected chi connectivity index (χ1v) is 9.05. The van der Waals surface area contributed by atoms with E-state index in [0.29, 0.717) is 11.6 Å². The van der Waals surface area contributed by atoms with Crippen molar-refractivity contribution >= 4 is 5.91 Å². The van der Waals surface area contributed by atoms with Crippen LogP contribution in [0, 0.1) is 23.2 Å². The monoisotopic (exact) mass is 330 g/mol. The number of carbonyl (C=O) groups excluding carboxylic acids is 1. The van der Waals surface area contributed by atoms with Crippen LogP contribution in [0.15, 0.2) is 48.5 Å². The van der Waals surface area contributed by atoms with Crippen molar-refractivity contribution in [1.29, 1.82) is 5.26 Å². The predicted molar refractivity (Wildman–Crippen MR) is 97.9 cm³/mol. The fourth-order valence-electron chi connectivity index (χ4n) is 3.81. The summed E-state index contributed by atoms with van der Waals surface area (Å²) in [7, 11) is 1.97. The lowest BCUT2D eigenvalue weighted by Gasteiger charge is -2.28. The second-order valence-corrected chi connectivity index (χ2v) is 7.35. The highest BCUT2D eigenvalue weighted by Crippen LogP contribution is 2.47. The SMILES string of the molecule is CN(C(=O)c1ccc(-c2cccc(C#N)c2)cc1)C(C1CC1)C1CC1. The molecule has 0 heterocycles. The zero-order chi connectivity index (χ0) is 17.4. The standard InChI is InChI=1S/C22H22N2O/c1-24(21(17-7-8-17)18-9-10-18)22(25)19-11-5-16(6-12-19)20-4-2-3-15(13-20)14-23/h2-6,11-13,17-18,21H,7-10H2,1H3. The van der Waals surface area contributed by atoms with Crippen LogP contribution in [0.5, 0.6) is 0 Å². The normalized spacial score (nSPS) is 16.5. The molecule has 0 unspecified atom stereocenters. The molecule has 0 radical (unpaired) electrons. The molecule has 0 saturated heterocycles. The molecule has 0 aromatic heterocycles. The van der Waals surface area contributed by atoms with E-state index in [4.69, 9.17) is 5.26 Å². The zero-order valence-corrected chi connectivity index (χ0v) is 14.5. The lowest BCUT2D eigenvalue weighted by atomic mass is 10.0. The van der Waals surface area contributed by atoms with Gasteiger partial charge >= 0.3 is 0 Å². The van der Waals surface area contributed by atoms with Crippen LogP contribution in [0.4, 0.5) is 0 Å². The molecule has 0 bridgehead atoms. The minimum absolute atomic E-state index is 0.126. The molecular formula is C22H22N2O. The van der Waals surface area contributed by atoms with Gasteiger partial charge in [-0.25, -0.2) is 0 Å². The van der Waals surface area contributed by atoms with Crippen LogP contribution in [0.3, 0.4) is 0 Å². The van der Waals surface area contributed by atoms with E-state index in [1.54, 1.807) is 6.07 Å². The Bertz CT molecular complexity index is 814. The summed E-state index contributed by atoms with van der Waals surface area (Å²) >= 11 is 0. The summed E-state index contributed by atoms with van der Waals surface area (Å²) in [6, 6.07) is 17.9. The first-order valence-electron chi connectivity index (χ1n) is 9.05. The first kappa shape index (κ1) is 15.9. The molecule has 2 aromatic rings. The smallest absolute Gasteiger partial charge is 0.253 e. The van der Waals surface area contributed by atoms with Gasteiger partial charge in [-0.1, -0.05) is 24.3 Å². The topological polar surface area (TPSA) is 44.1 Å². The van der Waals surface area contributed by atoms with Gasteiger partial charge in [0.15, 0.2) is 0 Å². The van der Waals surface area contributed by atoms with Gasteiger partial charge in [0.25, 0.3) is 5.91 Å². The Morgan fingerprint density at radius 3 is 2.24 bits per heavy atom. The number of benzene rings is 2. The molecule has 3 nitrogen and oxygen atoms in total. The summed E-state index contributed by atoms with van der Waals surface area (Å²) < 4.78 is 0. The Morgan fingerprint density at radius 1 is 1.04 bits per heavy atom. The third-order valence-electron chi connectivity index (χ3n) is 5.43. The van der Waals surface area contributed by atoms with E-state index in [0.717, 1.165) is 28.5 Å². The summed E-state index contributed by atoms with van der Waals surface area (Å²) in [5, 5.41) is 9.04. The molecule has 0 atom stereocenters. The van der Waals surface area contributed by atoms with Gasteiger partial charge in [-0.05, 0) is 72.9 Å². The summed E-state index contributed by atoms with van der Waals surface area (Å²) in [5.74, 6) is 1.56. The molecule has 2 aliphatic carbocycles. The van der Waals surface area contributed by atoms with Crippen LogP contribution in [0.2, 0.25) is 0 Å². The van der Waals surface area contributed by atoms with E-state index in [-0.39, 0.29) is 5.91 Å². The van der Waals surface area contributed by atoms with Crippen molar-refractivity contribution in [2.45, 2.75) is 31.7 Å². The van der Waals surface area contributed by atoms with Crippen molar-refractivity contribution < 1.29 is 4.79 Å². The van der Waals surface area contributed by atoms with Crippen LogP contribution in [-0.2, 0) is 0 Å². The quantitative estimate of drug-likeness (QED) is 0.811. The van der Waals surface area contributed by atoms with Crippen LogP contribution in [0.25, 0.3) is 11.1 Å². The summed E-state index contributed by atoms with van der Waals surface area (Å²) in [5.41, 5.74) is 3.42. The maximum absolute atomic E-state index is 12.9. The molecule has 2 saturated carbocycles. The van der Waals surface area contributed by atoms with E-state index >= 15 is 0 Å². The summed E-state index contributed by atoms with van der Waals surface area (Å²) in [6.45, 7) is 0. The minimum atomic E-state index is 0.126. The molecule has 4 rings (SSSR count). The maximum Gasteiger partial charge on any atom is 0.253 e. The highest BCUT2D eigenvalue weighted by Gasteiger charge is 2.44. The van der Waals surface area contributed by atoms with Crippen LogP contribution >= 0.6 is 0 Å². The summed E-state index contributed by atoms with van der Waals surface area (Å²) in [4.78, 5) is 14.9. The number of nitrogens with zero attached hydrogens (tertiary/aromatic N) is 2. The van der Waals surface area contributed by atoms with E-state index in [9.17, 15) is 4.79 Å². The lowest BCUT2D eigenvalue weighted by molar-refractivity contribution is 0.0690. The molecular weight excluding hydrogens is 308 g/mol. The van der Waals surface area contributed by atoms with Crippen molar-refractivity contribution in [3.05, 3.63) is 59.7 Å². The summed E-state index contributed by atoms with van der Waals surface area (Å²) in [6.07, 6.45) is 5.08. The van der Waals surface area contributed by atoms with Gasteiger partial charge in [0.1, 0.15) is 0 Å². The van der Waals surface area contributed by atoms with Gasteiger partial charge in [-0.15, -0.1) is 0 Å². The molecule has 0 N–H and O–H groups in total. The largest absolute Gasteiger partial charge is 0.338 e. The Kier molecular flexibility index (Phi) is 4.05. The van der Waals surface area contributed by atoms with E-state index in [1.807, 2.05) is 54.4 Å². The maximum atomic E-state index is 12.9. The third kappa shape index (κ3) is 3.30. The van der Waals surface area contributed by atoms with Crippen molar-refractivity contribution in [3.63, 3.8) is 0 Å². The number of nitriles is 1. The third-order valence-corrected chi connectivity index (χ3v) is 5.43. The molecule has 2 fully saturated rings. The van der Waals surface area contributed by atoms with Crippen LogP contribution in [-0.4, -0.2) is 23.9 Å². The molecule has 2 aromatic carbocycles. The molecule has 1 amide bonds. The lowest BCUT2D eigenvalue weighted by Crippen LogP contribution is -2.40. The van der Waals surface area contributed by atoms with Crippen molar-refractivity contribution in [2.24, 2.45) is 11.8 Å². The highest BCUT2D eigenvalue weighted by molar-refractivity contribution is 5.94. The zero-order valence-electron chi connectivity index (χ0n) is 14.5.